The van der Waals surface area contributed by atoms with Crippen LogP contribution < -0.4 is 0 Å². The van der Waals surface area contributed by atoms with Crippen LogP contribution in [0.15, 0.2) is 121 Å². The molecule has 1 aliphatic heterocycles. The van der Waals surface area contributed by atoms with Crippen molar-refractivity contribution in [1.82, 2.24) is 4.57 Å². The topological polar surface area (TPSA) is 4.93 Å². The average molecular weight is 554 g/mol. The van der Waals surface area contributed by atoms with Crippen LogP contribution in [0, 0.1) is 0 Å². The van der Waals surface area contributed by atoms with E-state index in [1.807, 2.05) is 0 Å². The largest absolute Gasteiger partial charge is 0.309 e. The Hall–Kier alpha value is -4.62. The molecular weight excluding hydrogens is 518 g/mol. The van der Waals surface area contributed by atoms with Crippen molar-refractivity contribution in [2.24, 2.45) is 0 Å². The SMILES string of the molecule is CC1(C)C2=C(C=CCC2)n2c3ccc(-c4ccc(-c5ccc6c(c5)C(C)(C)c5ccccc5-6)cc4)cc3c3cccc1c32. The predicted octanol–water partition coefficient (Wildman–Crippen LogP) is 11.3. The molecule has 6 aromatic rings. The number of nitrogens with zero attached hydrogens (tertiary/aromatic N) is 1. The lowest BCUT2D eigenvalue weighted by molar-refractivity contribution is 0.585. The number of para-hydroxylation sites is 1. The first kappa shape index (κ1) is 24.9. The first-order chi connectivity index (χ1) is 20.8. The third kappa shape index (κ3) is 3.28. The van der Waals surface area contributed by atoms with Crippen LogP contribution >= 0.6 is 0 Å². The monoisotopic (exact) mass is 553 g/mol. The van der Waals surface area contributed by atoms with E-state index in [0.717, 1.165) is 12.8 Å². The van der Waals surface area contributed by atoms with Gasteiger partial charge in [-0.05, 0) is 92.8 Å². The van der Waals surface area contributed by atoms with Crippen molar-refractivity contribution < 1.29 is 0 Å². The lowest BCUT2D eigenvalue weighted by Crippen LogP contribution is -2.28. The minimum Gasteiger partial charge on any atom is -0.309 e. The van der Waals surface area contributed by atoms with Crippen molar-refractivity contribution in [3.8, 4) is 33.4 Å². The van der Waals surface area contributed by atoms with E-state index in [0.29, 0.717) is 0 Å². The molecule has 0 saturated heterocycles. The van der Waals surface area contributed by atoms with Crippen molar-refractivity contribution in [2.75, 3.05) is 0 Å². The molecule has 1 heteroatoms. The fraction of sp³-hybridized carbons (Fsp3) is 0.190. The third-order valence-corrected chi connectivity index (χ3v) is 10.7. The molecule has 2 heterocycles. The van der Waals surface area contributed by atoms with Crippen molar-refractivity contribution in [2.45, 2.75) is 51.4 Å². The first-order valence-corrected chi connectivity index (χ1v) is 15.7. The summed E-state index contributed by atoms with van der Waals surface area (Å²) in [6.45, 7) is 9.52. The summed E-state index contributed by atoms with van der Waals surface area (Å²) in [6.07, 6.45) is 6.97. The highest BCUT2D eigenvalue weighted by molar-refractivity contribution is 6.14. The third-order valence-electron chi connectivity index (χ3n) is 10.7. The van der Waals surface area contributed by atoms with Gasteiger partial charge in [0.05, 0.1) is 11.0 Å². The molecule has 0 saturated carbocycles. The Morgan fingerprint density at radius 2 is 1.23 bits per heavy atom. The highest BCUT2D eigenvalue weighted by Gasteiger charge is 2.37. The summed E-state index contributed by atoms with van der Waals surface area (Å²) in [5.74, 6) is 0. The summed E-state index contributed by atoms with van der Waals surface area (Å²) >= 11 is 0. The van der Waals surface area contributed by atoms with Gasteiger partial charge in [-0.2, -0.15) is 0 Å². The van der Waals surface area contributed by atoms with Crippen molar-refractivity contribution in [3.05, 3.63) is 138 Å². The second kappa shape index (κ2) is 8.48. The standard InChI is InChI=1S/C42H35N/c1-41(2)34-12-6-5-10-30(34)31-22-20-29(25-37(31)41)27-18-16-26(17-19-27)28-21-23-38-33(24-28)32-11-9-14-36-40(32)43(38)39-15-8-7-13-35(39)42(36,3)4/h5-6,8-12,14-25H,7,13H2,1-4H3. The van der Waals surface area contributed by atoms with Gasteiger partial charge in [-0.15, -0.1) is 0 Å². The van der Waals surface area contributed by atoms with Crippen LogP contribution in [-0.4, -0.2) is 4.57 Å². The van der Waals surface area contributed by atoms with Gasteiger partial charge >= 0.3 is 0 Å². The number of allylic oxidation sites excluding steroid dienone is 4. The Labute approximate surface area is 253 Å². The van der Waals surface area contributed by atoms with E-state index in [-0.39, 0.29) is 10.8 Å². The minimum absolute atomic E-state index is 0.0111. The number of fused-ring (bicyclic) bond motifs is 7. The molecule has 43 heavy (non-hydrogen) atoms. The number of hydrogen-bond acceptors (Lipinski definition) is 0. The highest BCUT2D eigenvalue weighted by atomic mass is 15.0. The summed E-state index contributed by atoms with van der Waals surface area (Å²) in [5, 5.41) is 2.69. The molecule has 0 radical (unpaired) electrons. The molecule has 0 N–H and O–H groups in total. The summed E-state index contributed by atoms with van der Waals surface area (Å²) in [4.78, 5) is 0. The van der Waals surface area contributed by atoms with Gasteiger partial charge in [-0.25, -0.2) is 0 Å². The molecule has 9 rings (SSSR count). The predicted molar refractivity (Wildman–Crippen MR) is 182 cm³/mol. The first-order valence-electron chi connectivity index (χ1n) is 15.7. The Morgan fingerprint density at radius 3 is 2.05 bits per heavy atom. The second-order valence-electron chi connectivity index (χ2n) is 13.7. The zero-order valence-corrected chi connectivity index (χ0v) is 25.3. The molecule has 0 atom stereocenters. The van der Waals surface area contributed by atoms with Crippen LogP contribution in [0.25, 0.3) is 60.9 Å². The van der Waals surface area contributed by atoms with Crippen molar-refractivity contribution >= 4 is 27.5 Å². The molecule has 0 unspecified atom stereocenters. The summed E-state index contributed by atoms with van der Waals surface area (Å²) in [5.41, 5.74) is 17.8. The second-order valence-corrected chi connectivity index (χ2v) is 13.7. The van der Waals surface area contributed by atoms with Crippen LogP contribution in [0.1, 0.15) is 57.2 Å². The lowest BCUT2D eigenvalue weighted by atomic mass is 9.71. The quantitative estimate of drug-likeness (QED) is 0.201. The van der Waals surface area contributed by atoms with Crippen LogP contribution in [0.4, 0.5) is 0 Å². The highest BCUT2D eigenvalue weighted by Crippen LogP contribution is 2.51. The Kier molecular flexibility index (Phi) is 4.92. The molecule has 2 aliphatic carbocycles. The molecule has 0 fully saturated rings. The van der Waals surface area contributed by atoms with E-state index in [1.165, 1.54) is 77.6 Å². The maximum atomic E-state index is 2.54. The van der Waals surface area contributed by atoms with Crippen LogP contribution in [0.3, 0.4) is 0 Å². The van der Waals surface area contributed by atoms with Crippen molar-refractivity contribution in [3.63, 3.8) is 0 Å². The fourth-order valence-corrected chi connectivity index (χ4v) is 8.40. The normalized spacial score (nSPS) is 17.3. The summed E-state index contributed by atoms with van der Waals surface area (Å²) in [6, 6.07) is 39.0. The number of benzene rings is 5. The fourth-order valence-electron chi connectivity index (χ4n) is 8.40. The minimum atomic E-state index is 0.0111. The Morgan fingerprint density at radius 1 is 0.558 bits per heavy atom. The molecule has 0 amide bonds. The van der Waals surface area contributed by atoms with E-state index >= 15 is 0 Å². The molecule has 3 aliphatic rings. The van der Waals surface area contributed by atoms with Crippen LogP contribution in [-0.2, 0) is 10.8 Å². The zero-order chi connectivity index (χ0) is 29.1. The number of hydrogen-bond donors (Lipinski definition) is 0. The average Bonchev–Trinajstić information content (AvgIpc) is 3.49. The maximum Gasteiger partial charge on any atom is 0.0581 e. The zero-order valence-electron chi connectivity index (χ0n) is 25.3. The van der Waals surface area contributed by atoms with Gasteiger partial charge in [0.25, 0.3) is 0 Å². The Balaban J connectivity index is 1.13. The van der Waals surface area contributed by atoms with Crippen LogP contribution in [0.5, 0.6) is 0 Å². The molecule has 208 valence electrons. The van der Waals surface area contributed by atoms with E-state index in [2.05, 4.69) is 148 Å². The van der Waals surface area contributed by atoms with Gasteiger partial charge in [0.1, 0.15) is 0 Å². The van der Waals surface area contributed by atoms with E-state index in [1.54, 1.807) is 5.57 Å². The van der Waals surface area contributed by atoms with Gasteiger partial charge in [0.2, 0.25) is 0 Å². The molecule has 5 aromatic carbocycles. The molecule has 1 nitrogen and oxygen atoms in total. The summed E-state index contributed by atoms with van der Waals surface area (Å²) < 4.78 is 2.54. The molecule has 0 spiro atoms. The molecule has 0 bridgehead atoms. The van der Waals surface area contributed by atoms with E-state index in [9.17, 15) is 0 Å². The van der Waals surface area contributed by atoms with Crippen molar-refractivity contribution in [1.29, 1.82) is 0 Å². The molecule has 1 aromatic heterocycles. The van der Waals surface area contributed by atoms with E-state index < -0.39 is 0 Å². The smallest absolute Gasteiger partial charge is 0.0581 e. The van der Waals surface area contributed by atoms with Gasteiger partial charge in [0, 0.05) is 27.3 Å². The Bertz CT molecular complexity index is 2210. The van der Waals surface area contributed by atoms with E-state index in [4.69, 9.17) is 0 Å². The lowest BCUT2D eigenvalue weighted by Gasteiger charge is -2.37. The van der Waals surface area contributed by atoms with Gasteiger partial charge in [-0.1, -0.05) is 119 Å². The summed E-state index contributed by atoms with van der Waals surface area (Å²) in [7, 11) is 0. The molecular formula is C42H35N. The van der Waals surface area contributed by atoms with Gasteiger partial charge in [0.15, 0.2) is 0 Å². The van der Waals surface area contributed by atoms with Gasteiger partial charge in [-0.3, -0.25) is 0 Å². The number of aromatic nitrogens is 1. The number of rotatable bonds is 2. The van der Waals surface area contributed by atoms with Crippen LogP contribution in [0.2, 0.25) is 0 Å². The maximum absolute atomic E-state index is 2.54. The van der Waals surface area contributed by atoms with Gasteiger partial charge < -0.3 is 4.57 Å².